The van der Waals surface area contributed by atoms with Gasteiger partial charge in [0.05, 0.1) is 24.2 Å². The first kappa shape index (κ1) is 34.1. The van der Waals surface area contributed by atoms with Gasteiger partial charge in [0.2, 0.25) is 0 Å². The van der Waals surface area contributed by atoms with Crippen molar-refractivity contribution in [1.82, 2.24) is 10.2 Å². The number of anilines is 1. The van der Waals surface area contributed by atoms with Crippen LogP contribution in [0.25, 0.3) is 0 Å². The Balaban J connectivity index is 2.06. The summed E-state index contributed by atoms with van der Waals surface area (Å²) >= 11 is 0. The third-order valence-electron chi connectivity index (χ3n) is 6.49. The van der Waals surface area contributed by atoms with E-state index in [-0.39, 0.29) is 35.9 Å². The number of amides is 3. The molecule has 2 aromatic carbocycles. The molecule has 15 heteroatoms. The molecule has 5 N–H and O–H groups in total. The minimum absolute atomic E-state index is 0.0120. The van der Waals surface area contributed by atoms with Gasteiger partial charge in [-0.2, -0.15) is 13.2 Å². The van der Waals surface area contributed by atoms with Crippen molar-refractivity contribution in [3.8, 4) is 11.8 Å². The molecule has 0 aliphatic carbocycles. The average Bonchev–Trinajstić information content (AvgIpc) is 3.05. The molecule has 2 unspecified atom stereocenters. The maximum absolute atomic E-state index is 14.2. The normalized spacial score (nSPS) is 15.3. The van der Waals surface area contributed by atoms with Crippen LogP contribution in [0.1, 0.15) is 54.7 Å². The van der Waals surface area contributed by atoms with Crippen LogP contribution in [0.5, 0.6) is 0 Å². The van der Waals surface area contributed by atoms with Gasteiger partial charge in [0, 0.05) is 30.1 Å². The van der Waals surface area contributed by atoms with Gasteiger partial charge in [-0.05, 0) is 44.5 Å². The number of benzene rings is 2. The molecule has 0 saturated carbocycles. The molecule has 2 aromatic rings. The van der Waals surface area contributed by atoms with Crippen molar-refractivity contribution in [2.45, 2.75) is 51.5 Å². The van der Waals surface area contributed by atoms with Crippen LogP contribution in [-0.4, -0.2) is 71.9 Å². The molecule has 0 radical (unpaired) electrons. The van der Waals surface area contributed by atoms with Crippen LogP contribution in [0.4, 0.5) is 18.9 Å². The Morgan fingerprint density at radius 3 is 2.33 bits per heavy atom. The van der Waals surface area contributed by atoms with E-state index in [1.165, 1.54) is 30.0 Å². The Morgan fingerprint density at radius 1 is 1.07 bits per heavy atom. The van der Waals surface area contributed by atoms with Crippen molar-refractivity contribution in [2.75, 3.05) is 18.0 Å². The second-order valence-electron chi connectivity index (χ2n) is 10.2. The molecule has 0 bridgehead atoms. The first-order chi connectivity index (χ1) is 21.1. The van der Waals surface area contributed by atoms with Crippen LogP contribution in [-0.2, 0) is 23.9 Å². The predicted octanol–water partition coefficient (Wildman–Crippen LogP) is 1.78. The highest BCUT2D eigenvalue weighted by Gasteiger charge is 2.45. The van der Waals surface area contributed by atoms with Crippen molar-refractivity contribution in [3.63, 3.8) is 0 Å². The number of esters is 2. The fourth-order valence-electron chi connectivity index (χ4n) is 4.62. The van der Waals surface area contributed by atoms with E-state index in [2.05, 4.69) is 26.9 Å². The first-order valence-electron chi connectivity index (χ1n) is 13.6. The zero-order valence-corrected chi connectivity index (χ0v) is 24.6. The number of aliphatic imine (C=N–C) groups is 1. The van der Waals surface area contributed by atoms with E-state index in [1.807, 2.05) is 0 Å². The van der Waals surface area contributed by atoms with Gasteiger partial charge in [0.15, 0.2) is 5.96 Å². The highest BCUT2D eigenvalue weighted by Crippen LogP contribution is 2.38. The summed E-state index contributed by atoms with van der Waals surface area (Å²) in [5, 5.41) is 2.51. The van der Waals surface area contributed by atoms with Gasteiger partial charge in [-0.3, -0.25) is 24.2 Å². The summed E-state index contributed by atoms with van der Waals surface area (Å²) in [6.45, 7) is 5.06. The van der Waals surface area contributed by atoms with Crippen molar-refractivity contribution in [2.24, 2.45) is 16.5 Å². The van der Waals surface area contributed by atoms with Gasteiger partial charge in [-0.25, -0.2) is 4.79 Å². The Morgan fingerprint density at radius 2 is 1.73 bits per heavy atom. The van der Waals surface area contributed by atoms with Crippen LogP contribution in [0.15, 0.2) is 53.5 Å². The van der Waals surface area contributed by atoms with Crippen LogP contribution in [0.2, 0.25) is 0 Å². The number of halogens is 3. The molecule has 45 heavy (non-hydrogen) atoms. The Hall–Kier alpha value is -5.39. The van der Waals surface area contributed by atoms with Crippen LogP contribution in [0, 0.1) is 11.8 Å². The molecule has 1 aliphatic rings. The largest absolute Gasteiger partial charge is 0.491 e. The topological polar surface area (TPSA) is 177 Å². The van der Waals surface area contributed by atoms with Crippen molar-refractivity contribution < 1.29 is 41.9 Å². The summed E-state index contributed by atoms with van der Waals surface area (Å²) in [5.74, 6) is -1.26. The molecule has 238 valence electrons. The van der Waals surface area contributed by atoms with Crippen molar-refractivity contribution in [1.29, 1.82) is 0 Å². The number of ether oxygens (including phenoxy) is 1. The van der Waals surface area contributed by atoms with E-state index in [4.69, 9.17) is 11.5 Å². The number of nitrogens with two attached hydrogens (primary N) is 2. The fraction of sp³-hybridized carbons (Fsp3) is 0.333. The molecule has 12 nitrogen and oxygen atoms in total. The van der Waals surface area contributed by atoms with E-state index in [9.17, 15) is 37.1 Å². The summed E-state index contributed by atoms with van der Waals surface area (Å²) in [6.07, 6.45) is -6.24. The standard InChI is InChI=1S/C30H31F3N6O6/c1-17(2)38-22-11-9-19(10-12-23(40)36-13-14-37-29(34)35)16-21(22)26(42)39(25(27(38)43)20-7-5-4-6-8-20)18(3)15-24(41)45-28(44)30(31,32)33/h4-9,11,16-18,25H,13-15H2,1-3H3,(H,36,40)(H4,34,35,37). The van der Waals surface area contributed by atoms with Gasteiger partial charge in [0.1, 0.15) is 6.04 Å². The Bertz CT molecular complexity index is 1560. The number of hydrogen-bond donors (Lipinski definition) is 3. The summed E-state index contributed by atoms with van der Waals surface area (Å²) in [5.41, 5.74) is 11.3. The van der Waals surface area contributed by atoms with Crippen LogP contribution in [0.3, 0.4) is 0 Å². The Kier molecular flexibility index (Phi) is 10.9. The molecular weight excluding hydrogens is 597 g/mol. The highest BCUT2D eigenvalue weighted by molar-refractivity contribution is 6.12. The number of hydrogen-bond acceptors (Lipinski definition) is 7. The van der Waals surface area contributed by atoms with Gasteiger partial charge >= 0.3 is 18.1 Å². The van der Waals surface area contributed by atoms with Gasteiger partial charge in [-0.1, -0.05) is 36.3 Å². The fourth-order valence-corrected chi connectivity index (χ4v) is 4.62. The monoisotopic (exact) mass is 628 g/mol. The van der Waals surface area contributed by atoms with Crippen molar-refractivity contribution in [3.05, 3.63) is 65.2 Å². The molecule has 0 saturated heterocycles. The third-order valence-corrected chi connectivity index (χ3v) is 6.49. The zero-order chi connectivity index (χ0) is 33.5. The number of alkyl halides is 3. The number of nitrogens with one attached hydrogen (secondary N) is 1. The molecule has 1 aliphatic heterocycles. The maximum atomic E-state index is 14.2. The molecule has 0 spiro atoms. The maximum Gasteiger partial charge on any atom is 0.491 e. The lowest BCUT2D eigenvalue weighted by molar-refractivity contribution is -0.202. The molecule has 0 aromatic heterocycles. The average molecular weight is 629 g/mol. The summed E-state index contributed by atoms with van der Waals surface area (Å²) in [7, 11) is 0. The molecule has 3 amide bonds. The highest BCUT2D eigenvalue weighted by atomic mass is 19.4. The Labute approximate surface area is 256 Å². The van der Waals surface area contributed by atoms with E-state index in [0.717, 1.165) is 4.90 Å². The minimum atomic E-state index is -5.41. The molecule has 0 fully saturated rings. The van der Waals surface area contributed by atoms with Gasteiger partial charge in [0.25, 0.3) is 17.7 Å². The second kappa shape index (κ2) is 14.4. The minimum Gasteiger partial charge on any atom is -0.386 e. The number of fused-ring (bicyclic) bond motifs is 1. The molecular formula is C30H31F3N6O6. The molecule has 3 rings (SSSR count). The smallest absolute Gasteiger partial charge is 0.386 e. The number of nitrogens with zero attached hydrogens (tertiary/aromatic N) is 3. The van der Waals surface area contributed by atoms with E-state index in [0.29, 0.717) is 5.56 Å². The first-order valence-corrected chi connectivity index (χ1v) is 13.6. The van der Waals surface area contributed by atoms with Crippen LogP contribution >= 0.6 is 0 Å². The molecule has 2 atom stereocenters. The molecule has 1 heterocycles. The summed E-state index contributed by atoms with van der Waals surface area (Å²) in [6, 6.07) is 9.56. The lowest BCUT2D eigenvalue weighted by Crippen LogP contribution is -2.48. The number of rotatable bonds is 8. The lowest BCUT2D eigenvalue weighted by atomic mass is 10.0. The van der Waals surface area contributed by atoms with E-state index < -0.39 is 60.4 Å². The van der Waals surface area contributed by atoms with Gasteiger partial charge < -0.3 is 31.3 Å². The summed E-state index contributed by atoms with van der Waals surface area (Å²) in [4.78, 5) is 70.4. The quantitative estimate of drug-likeness (QED) is 0.0989. The van der Waals surface area contributed by atoms with E-state index in [1.54, 1.807) is 44.2 Å². The van der Waals surface area contributed by atoms with Gasteiger partial charge in [-0.15, -0.1) is 0 Å². The second-order valence-corrected chi connectivity index (χ2v) is 10.2. The summed E-state index contributed by atoms with van der Waals surface area (Å²) < 4.78 is 42.1. The SMILES string of the molecule is CC(C)N1C(=O)C(c2ccccc2)N(C(C)CC(=O)OC(=O)C(F)(F)F)C(=O)c2cc(C#CC(=O)NCCN=C(N)N)ccc21. The number of guanidine groups is 1. The number of carbonyl (C=O) groups excluding carboxylic acids is 5. The number of carbonyl (C=O) groups is 5. The zero-order valence-electron chi connectivity index (χ0n) is 24.6. The third kappa shape index (κ3) is 8.59. The predicted molar refractivity (Wildman–Crippen MR) is 156 cm³/mol. The van der Waals surface area contributed by atoms with Crippen molar-refractivity contribution >= 4 is 41.3 Å². The van der Waals surface area contributed by atoms with E-state index >= 15 is 0 Å². The lowest BCUT2D eigenvalue weighted by Gasteiger charge is -2.36. The van der Waals surface area contributed by atoms with Crippen LogP contribution < -0.4 is 21.7 Å².